The molecule has 1 aliphatic heterocycles. The molecule has 1 saturated heterocycles. The molecule has 2 rings (SSSR count). The summed E-state index contributed by atoms with van der Waals surface area (Å²) in [5.74, 6) is 0. The molecule has 0 aromatic heterocycles. The van der Waals surface area contributed by atoms with Crippen LogP contribution in [0.25, 0.3) is 0 Å². The highest BCUT2D eigenvalue weighted by Gasteiger charge is 2.32. The average molecular weight is 297 g/mol. The zero-order valence-corrected chi connectivity index (χ0v) is 12.0. The highest BCUT2D eigenvalue weighted by Crippen LogP contribution is 2.25. The molecule has 2 N–H and O–H groups in total. The molecule has 1 aromatic carbocycles. The SMILES string of the molecule is CC(CN)(Cc1ccc(Br)cc1)N1CCCC1. The Morgan fingerprint density at radius 1 is 1.24 bits per heavy atom. The molecule has 1 fully saturated rings. The second kappa shape index (κ2) is 5.51. The summed E-state index contributed by atoms with van der Waals surface area (Å²) in [5, 5.41) is 0. The molecule has 1 atom stereocenters. The molecular formula is C14H21BrN2. The number of nitrogens with two attached hydrogens (primary N) is 1. The number of nitrogens with zero attached hydrogens (tertiary/aromatic N) is 1. The van der Waals surface area contributed by atoms with Gasteiger partial charge >= 0.3 is 0 Å². The van der Waals surface area contributed by atoms with E-state index in [0.29, 0.717) is 0 Å². The molecule has 94 valence electrons. The van der Waals surface area contributed by atoms with Crippen molar-refractivity contribution in [1.29, 1.82) is 0 Å². The first-order chi connectivity index (χ1) is 8.14. The van der Waals surface area contributed by atoms with Crippen molar-refractivity contribution in [2.24, 2.45) is 5.73 Å². The molecule has 0 amide bonds. The lowest BCUT2D eigenvalue weighted by Crippen LogP contribution is -2.51. The van der Waals surface area contributed by atoms with Gasteiger partial charge in [-0.2, -0.15) is 0 Å². The van der Waals surface area contributed by atoms with Crippen LogP contribution in [-0.4, -0.2) is 30.1 Å². The molecular weight excluding hydrogens is 276 g/mol. The van der Waals surface area contributed by atoms with Gasteiger partial charge in [-0.3, -0.25) is 4.90 Å². The Labute approximate surface area is 112 Å². The van der Waals surface area contributed by atoms with Crippen LogP contribution in [0.15, 0.2) is 28.7 Å². The van der Waals surface area contributed by atoms with E-state index in [1.807, 2.05) is 0 Å². The van der Waals surface area contributed by atoms with E-state index in [1.54, 1.807) is 0 Å². The number of hydrogen-bond donors (Lipinski definition) is 1. The maximum atomic E-state index is 6.01. The van der Waals surface area contributed by atoms with E-state index in [0.717, 1.165) is 17.4 Å². The first-order valence-corrected chi connectivity index (χ1v) is 7.13. The van der Waals surface area contributed by atoms with Crippen LogP contribution in [0.2, 0.25) is 0 Å². The standard InChI is InChI=1S/C14H21BrN2/c1-14(11-16,17-8-2-3-9-17)10-12-4-6-13(15)7-5-12/h4-7H,2-3,8-11,16H2,1H3. The summed E-state index contributed by atoms with van der Waals surface area (Å²) in [6.07, 6.45) is 3.67. The van der Waals surface area contributed by atoms with E-state index in [9.17, 15) is 0 Å². The van der Waals surface area contributed by atoms with Gasteiger partial charge in [0.2, 0.25) is 0 Å². The lowest BCUT2D eigenvalue weighted by molar-refractivity contribution is 0.143. The van der Waals surface area contributed by atoms with E-state index in [4.69, 9.17) is 5.73 Å². The van der Waals surface area contributed by atoms with Gasteiger partial charge < -0.3 is 5.73 Å². The number of benzene rings is 1. The average Bonchev–Trinajstić information content (AvgIpc) is 2.86. The lowest BCUT2D eigenvalue weighted by Gasteiger charge is -2.38. The molecule has 17 heavy (non-hydrogen) atoms. The first-order valence-electron chi connectivity index (χ1n) is 6.34. The smallest absolute Gasteiger partial charge is 0.0343 e. The number of hydrogen-bond acceptors (Lipinski definition) is 2. The van der Waals surface area contributed by atoms with Crippen LogP contribution >= 0.6 is 15.9 Å². The Kier molecular flexibility index (Phi) is 4.23. The summed E-state index contributed by atoms with van der Waals surface area (Å²) >= 11 is 3.47. The van der Waals surface area contributed by atoms with E-state index >= 15 is 0 Å². The Hall–Kier alpha value is -0.380. The van der Waals surface area contributed by atoms with Crippen LogP contribution < -0.4 is 5.73 Å². The van der Waals surface area contributed by atoms with Crippen molar-refractivity contribution in [3.63, 3.8) is 0 Å². The summed E-state index contributed by atoms with van der Waals surface area (Å²) in [7, 11) is 0. The van der Waals surface area contributed by atoms with E-state index in [2.05, 4.69) is 52.0 Å². The Bertz CT molecular complexity index is 357. The van der Waals surface area contributed by atoms with Crippen LogP contribution in [0.4, 0.5) is 0 Å². The van der Waals surface area contributed by atoms with Crippen LogP contribution in [0, 0.1) is 0 Å². The lowest BCUT2D eigenvalue weighted by atomic mass is 9.91. The molecule has 0 saturated carbocycles. The number of rotatable bonds is 4. The monoisotopic (exact) mass is 296 g/mol. The third-order valence-electron chi connectivity index (χ3n) is 3.81. The number of halogens is 1. The van der Waals surface area contributed by atoms with Crippen molar-refractivity contribution < 1.29 is 0 Å². The van der Waals surface area contributed by atoms with Gasteiger partial charge in [0.1, 0.15) is 0 Å². The first kappa shape index (κ1) is 13.1. The van der Waals surface area contributed by atoms with Crippen LogP contribution in [-0.2, 0) is 6.42 Å². The summed E-state index contributed by atoms with van der Waals surface area (Å²) in [6, 6.07) is 8.59. The third kappa shape index (κ3) is 3.09. The zero-order chi connectivity index (χ0) is 12.3. The molecule has 0 aliphatic carbocycles. The molecule has 3 heteroatoms. The molecule has 1 aliphatic rings. The maximum Gasteiger partial charge on any atom is 0.0343 e. The zero-order valence-electron chi connectivity index (χ0n) is 10.5. The van der Waals surface area contributed by atoms with Crippen molar-refractivity contribution in [3.05, 3.63) is 34.3 Å². The third-order valence-corrected chi connectivity index (χ3v) is 4.34. The predicted molar refractivity (Wildman–Crippen MR) is 76.1 cm³/mol. The summed E-state index contributed by atoms with van der Waals surface area (Å²) in [6.45, 7) is 5.41. The van der Waals surface area contributed by atoms with E-state index in [-0.39, 0.29) is 5.54 Å². The normalized spacial score (nSPS) is 20.4. The molecule has 1 heterocycles. The second-order valence-corrected chi connectivity index (χ2v) is 6.11. The largest absolute Gasteiger partial charge is 0.329 e. The highest BCUT2D eigenvalue weighted by molar-refractivity contribution is 9.10. The summed E-state index contributed by atoms with van der Waals surface area (Å²) in [4.78, 5) is 2.55. The Morgan fingerprint density at radius 3 is 2.35 bits per heavy atom. The highest BCUT2D eigenvalue weighted by atomic mass is 79.9. The van der Waals surface area contributed by atoms with Gasteiger partial charge in [0.15, 0.2) is 0 Å². The van der Waals surface area contributed by atoms with Gasteiger partial charge in [-0.15, -0.1) is 0 Å². The minimum atomic E-state index is 0.115. The van der Waals surface area contributed by atoms with Gasteiger partial charge in [-0.25, -0.2) is 0 Å². The van der Waals surface area contributed by atoms with Crippen LogP contribution in [0.1, 0.15) is 25.3 Å². The summed E-state index contributed by atoms with van der Waals surface area (Å²) < 4.78 is 1.14. The van der Waals surface area contributed by atoms with Gasteiger partial charge in [-0.1, -0.05) is 28.1 Å². The second-order valence-electron chi connectivity index (χ2n) is 5.20. The molecule has 0 bridgehead atoms. The Morgan fingerprint density at radius 2 is 1.82 bits per heavy atom. The van der Waals surface area contributed by atoms with Gasteiger partial charge in [0.05, 0.1) is 0 Å². The van der Waals surface area contributed by atoms with Crippen molar-refractivity contribution in [2.45, 2.75) is 31.7 Å². The van der Waals surface area contributed by atoms with Crippen LogP contribution in [0.5, 0.6) is 0 Å². The van der Waals surface area contributed by atoms with Gasteiger partial charge in [-0.05, 0) is 57.0 Å². The van der Waals surface area contributed by atoms with Crippen LogP contribution in [0.3, 0.4) is 0 Å². The van der Waals surface area contributed by atoms with Gasteiger partial charge in [0, 0.05) is 16.6 Å². The molecule has 2 nitrogen and oxygen atoms in total. The fourth-order valence-electron chi connectivity index (χ4n) is 2.61. The van der Waals surface area contributed by atoms with E-state index in [1.165, 1.54) is 31.5 Å². The fraction of sp³-hybridized carbons (Fsp3) is 0.571. The quantitative estimate of drug-likeness (QED) is 0.926. The topological polar surface area (TPSA) is 29.3 Å². The fourth-order valence-corrected chi connectivity index (χ4v) is 2.88. The molecule has 0 radical (unpaired) electrons. The van der Waals surface area contributed by atoms with Crippen molar-refractivity contribution in [1.82, 2.24) is 4.90 Å². The van der Waals surface area contributed by atoms with Gasteiger partial charge in [0.25, 0.3) is 0 Å². The van der Waals surface area contributed by atoms with Crippen molar-refractivity contribution in [3.8, 4) is 0 Å². The maximum absolute atomic E-state index is 6.01. The van der Waals surface area contributed by atoms with Crippen molar-refractivity contribution >= 4 is 15.9 Å². The predicted octanol–water partition coefficient (Wildman–Crippen LogP) is 2.80. The molecule has 0 spiro atoms. The summed E-state index contributed by atoms with van der Waals surface area (Å²) in [5.41, 5.74) is 7.50. The Balaban J connectivity index is 2.10. The minimum Gasteiger partial charge on any atom is -0.329 e. The van der Waals surface area contributed by atoms with E-state index < -0.39 is 0 Å². The molecule has 1 unspecified atom stereocenters. The number of likely N-dealkylation sites (tertiary alicyclic amines) is 1. The minimum absolute atomic E-state index is 0.115. The molecule has 1 aromatic rings. The van der Waals surface area contributed by atoms with Crippen molar-refractivity contribution in [2.75, 3.05) is 19.6 Å².